The predicted octanol–water partition coefficient (Wildman–Crippen LogP) is 4.02. The lowest BCUT2D eigenvalue weighted by atomic mass is 9.97. The van der Waals surface area contributed by atoms with E-state index in [1.54, 1.807) is 11.3 Å². The smallest absolute Gasteiger partial charge is 0.258 e. The van der Waals surface area contributed by atoms with Crippen molar-refractivity contribution in [2.75, 3.05) is 26.2 Å². The fraction of sp³-hybridized carbons (Fsp3) is 0.476. The number of amides is 1. The van der Waals surface area contributed by atoms with Crippen molar-refractivity contribution in [2.45, 2.75) is 32.7 Å². The molecule has 4 nitrogen and oxygen atoms in total. The molecule has 5 heteroatoms. The molecule has 0 unspecified atom stereocenters. The summed E-state index contributed by atoms with van der Waals surface area (Å²) in [5.41, 5.74) is 1.04. The van der Waals surface area contributed by atoms with E-state index >= 15 is 0 Å². The summed E-state index contributed by atoms with van der Waals surface area (Å²) >= 11 is 1.77. The van der Waals surface area contributed by atoms with Crippen molar-refractivity contribution in [3.8, 4) is 5.75 Å². The molecule has 1 aromatic carbocycles. The second kappa shape index (κ2) is 9.19. The van der Waals surface area contributed by atoms with Gasteiger partial charge in [0.05, 0.1) is 6.04 Å². The van der Waals surface area contributed by atoms with Crippen LogP contribution in [0.1, 0.15) is 36.2 Å². The lowest BCUT2D eigenvalue weighted by Gasteiger charge is -2.36. The lowest BCUT2D eigenvalue weighted by Crippen LogP contribution is -2.42. The van der Waals surface area contributed by atoms with Gasteiger partial charge >= 0.3 is 0 Å². The first-order chi connectivity index (χ1) is 12.6. The fourth-order valence-corrected chi connectivity index (χ4v) is 4.21. The van der Waals surface area contributed by atoms with Gasteiger partial charge in [-0.25, -0.2) is 0 Å². The van der Waals surface area contributed by atoms with Crippen LogP contribution < -0.4 is 10.1 Å². The molecule has 1 fully saturated rings. The van der Waals surface area contributed by atoms with Gasteiger partial charge in [-0.15, -0.1) is 11.3 Å². The Bertz CT molecular complexity index is 694. The Morgan fingerprint density at radius 3 is 2.73 bits per heavy atom. The van der Waals surface area contributed by atoms with Crippen molar-refractivity contribution < 1.29 is 9.53 Å². The van der Waals surface area contributed by atoms with Crippen molar-refractivity contribution in [2.24, 2.45) is 5.92 Å². The summed E-state index contributed by atoms with van der Waals surface area (Å²) in [6, 6.07) is 12.3. The van der Waals surface area contributed by atoms with Gasteiger partial charge in [0.25, 0.3) is 5.91 Å². The summed E-state index contributed by atoms with van der Waals surface area (Å²) < 4.78 is 5.66. The van der Waals surface area contributed by atoms with Crippen LogP contribution in [0.3, 0.4) is 0 Å². The van der Waals surface area contributed by atoms with Gasteiger partial charge < -0.3 is 10.1 Å². The van der Waals surface area contributed by atoms with Crippen molar-refractivity contribution in [1.82, 2.24) is 10.2 Å². The van der Waals surface area contributed by atoms with Crippen LogP contribution in [0, 0.1) is 12.8 Å². The Labute approximate surface area is 160 Å². The molecular formula is C21H28N2O2S. The van der Waals surface area contributed by atoms with E-state index in [9.17, 15) is 4.79 Å². The van der Waals surface area contributed by atoms with Crippen LogP contribution in [-0.4, -0.2) is 37.0 Å². The number of nitrogens with zero attached hydrogens (tertiary/aromatic N) is 1. The maximum atomic E-state index is 12.3. The third-order valence-corrected chi connectivity index (χ3v) is 6.05. The molecule has 26 heavy (non-hydrogen) atoms. The standard InChI is InChI=1S/C21H28N2O2S/c1-16-9-11-23(12-10-16)18(20-8-5-13-26-20)14-22-21(24)15-25-19-7-4-3-6-17(19)2/h3-8,13,16,18H,9-12,14-15H2,1-2H3,(H,22,24)/t18-/m0/s1. The van der Waals surface area contributed by atoms with E-state index in [0.29, 0.717) is 6.54 Å². The normalized spacial score (nSPS) is 17.0. The molecule has 1 atom stereocenters. The van der Waals surface area contributed by atoms with Crippen LogP contribution in [0.4, 0.5) is 0 Å². The summed E-state index contributed by atoms with van der Waals surface area (Å²) in [6.07, 6.45) is 2.46. The minimum Gasteiger partial charge on any atom is -0.484 e. The number of hydrogen-bond acceptors (Lipinski definition) is 4. The Kier molecular flexibility index (Phi) is 6.69. The largest absolute Gasteiger partial charge is 0.484 e. The van der Waals surface area contributed by atoms with Crippen molar-refractivity contribution in [1.29, 1.82) is 0 Å². The Morgan fingerprint density at radius 1 is 1.27 bits per heavy atom. The number of carbonyl (C=O) groups is 1. The van der Waals surface area contributed by atoms with Gasteiger partial charge in [0.15, 0.2) is 6.61 Å². The molecule has 1 aliphatic rings. The second-order valence-corrected chi connectivity index (χ2v) is 8.09. The molecule has 0 radical (unpaired) electrons. The third-order valence-electron chi connectivity index (χ3n) is 5.08. The van der Waals surface area contributed by atoms with Gasteiger partial charge in [0, 0.05) is 11.4 Å². The van der Waals surface area contributed by atoms with Gasteiger partial charge in [0.2, 0.25) is 0 Å². The number of para-hydroxylation sites is 1. The number of hydrogen-bond donors (Lipinski definition) is 1. The molecule has 0 saturated carbocycles. The molecule has 1 aromatic heterocycles. The minimum atomic E-state index is -0.0693. The van der Waals surface area contributed by atoms with E-state index in [2.05, 4.69) is 34.7 Å². The average molecular weight is 373 g/mol. The number of carbonyl (C=O) groups excluding carboxylic acids is 1. The summed E-state index contributed by atoms with van der Waals surface area (Å²) in [5.74, 6) is 1.50. The third kappa shape index (κ3) is 5.08. The first-order valence-corrected chi connectivity index (χ1v) is 10.2. The maximum absolute atomic E-state index is 12.3. The SMILES string of the molecule is Cc1ccccc1OCC(=O)NC[C@@H](c1cccs1)N1CCC(C)CC1. The average Bonchev–Trinajstić information content (AvgIpc) is 3.17. The summed E-state index contributed by atoms with van der Waals surface area (Å²) in [6.45, 7) is 7.18. The van der Waals surface area contributed by atoms with Gasteiger partial charge in [-0.1, -0.05) is 31.2 Å². The van der Waals surface area contributed by atoms with Crippen LogP contribution in [0.2, 0.25) is 0 Å². The van der Waals surface area contributed by atoms with E-state index in [-0.39, 0.29) is 18.6 Å². The molecule has 0 aliphatic carbocycles. The van der Waals surface area contributed by atoms with Gasteiger partial charge in [-0.2, -0.15) is 0 Å². The molecule has 3 rings (SSSR count). The molecular weight excluding hydrogens is 344 g/mol. The molecule has 1 saturated heterocycles. The van der Waals surface area contributed by atoms with Crippen LogP contribution in [0.25, 0.3) is 0 Å². The number of thiophene rings is 1. The highest BCUT2D eigenvalue weighted by molar-refractivity contribution is 7.10. The highest BCUT2D eigenvalue weighted by Gasteiger charge is 2.25. The Balaban J connectivity index is 1.54. The van der Waals surface area contributed by atoms with Gasteiger partial charge in [-0.3, -0.25) is 9.69 Å². The molecule has 0 spiro atoms. The number of aryl methyl sites for hydroxylation is 1. The first kappa shape index (κ1) is 18.9. The first-order valence-electron chi connectivity index (χ1n) is 9.36. The number of ether oxygens (including phenoxy) is 1. The molecule has 0 bridgehead atoms. The number of likely N-dealkylation sites (tertiary alicyclic amines) is 1. The summed E-state index contributed by atoms with van der Waals surface area (Å²) in [7, 11) is 0. The quantitative estimate of drug-likeness (QED) is 0.798. The van der Waals surface area contributed by atoms with Gasteiger partial charge in [-0.05, 0) is 61.8 Å². The molecule has 2 aromatic rings. The topological polar surface area (TPSA) is 41.6 Å². The minimum absolute atomic E-state index is 0.0546. The Morgan fingerprint density at radius 2 is 2.04 bits per heavy atom. The van der Waals surface area contributed by atoms with Crippen LogP contribution >= 0.6 is 11.3 Å². The second-order valence-electron chi connectivity index (χ2n) is 7.11. The van der Waals surface area contributed by atoms with Crippen LogP contribution in [0.15, 0.2) is 41.8 Å². The van der Waals surface area contributed by atoms with E-state index in [1.807, 2.05) is 31.2 Å². The number of rotatable bonds is 7. The van der Waals surface area contributed by atoms with E-state index in [1.165, 1.54) is 17.7 Å². The number of benzene rings is 1. The van der Waals surface area contributed by atoms with Crippen molar-refractivity contribution >= 4 is 17.2 Å². The monoisotopic (exact) mass is 372 g/mol. The van der Waals surface area contributed by atoms with E-state index < -0.39 is 0 Å². The van der Waals surface area contributed by atoms with Crippen molar-refractivity contribution in [3.63, 3.8) is 0 Å². The number of piperidine rings is 1. The lowest BCUT2D eigenvalue weighted by molar-refractivity contribution is -0.123. The van der Waals surface area contributed by atoms with E-state index in [4.69, 9.17) is 4.74 Å². The zero-order chi connectivity index (χ0) is 18.4. The maximum Gasteiger partial charge on any atom is 0.258 e. The molecule has 140 valence electrons. The predicted molar refractivity (Wildman–Crippen MR) is 107 cm³/mol. The van der Waals surface area contributed by atoms with Gasteiger partial charge in [0.1, 0.15) is 5.75 Å². The van der Waals surface area contributed by atoms with Crippen LogP contribution in [-0.2, 0) is 4.79 Å². The summed E-state index contributed by atoms with van der Waals surface area (Å²) in [4.78, 5) is 16.1. The number of nitrogens with one attached hydrogen (secondary N) is 1. The molecule has 1 aliphatic heterocycles. The highest BCUT2D eigenvalue weighted by atomic mass is 32.1. The molecule has 1 N–H and O–H groups in total. The fourth-order valence-electron chi connectivity index (χ4n) is 3.35. The van der Waals surface area contributed by atoms with Crippen LogP contribution in [0.5, 0.6) is 5.75 Å². The molecule has 1 amide bonds. The zero-order valence-electron chi connectivity index (χ0n) is 15.6. The van der Waals surface area contributed by atoms with E-state index in [0.717, 1.165) is 30.3 Å². The Hall–Kier alpha value is -1.85. The molecule has 2 heterocycles. The zero-order valence-corrected chi connectivity index (χ0v) is 16.4. The van der Waals surface area contributed by atoms with Crippen molar-refractivity contribution in [3.05, 3.63) is 52.2 Å². The summed E-state index contributed by atoms with van der Waals surface area (Å²) in [5, 5.41) is 5.18. The highest BCUT2D eigenvalue weighted by Crippen LogP contribution is 2.29.